The molecule has 0 spiro atoms. The fourth-order valence-corrected chi connectivity index (χ4v) is 3.55. The lowest BCUT2D eigenvalue weighted by molar-refractivity contribution is -0.928. The Bertz CT molecular complexity index is 826. The van der Waals surface area contributed by atoms with Crippen LogP contribution in [0.15, 0.2) is 53.6 Å². The summed E-state index contributed by atoms with van der Waals surface area (Å²) in [4.78, 5) is 14.0. The zero-order valence-electron chi connectivity index (χ0n) is 17.1. The summed E-state index contributed by atoms with van der Waals surface area (Å²) in [7, 11) is 3.10. The summed E-state index contributed by atoms with van der Waals surface area (Å²) in [6, 6.07) is 15.3. The van der Waals surface area contributed by atoms with Crippen LogP contribution >= 0.6 is 0 Å². The molecule has 2 aromatic rings. The number of morpholine rings is 1. The molecule has 0 radical (unpaired) electrons. The Balaban J connectivity index is 1.80. The Labute approximate surface area is 171 Å². The van der Waals surface area contributed by atoms with Gasteiger partial charge in [0.15, 0.2) is 6.04 Å². The van der Waals surface area contributed by atoms with E-state index in [0.717, 1.165) is 32.0 Å². The standard InChI is InChI=1S/C22H27N3O4/c1-16(21(17-7-5-4-6-8-17)25-9-11-29-12-10-25)23-24-22(26)18-13-19(27-2)15-20(14-18)28-3/h4-8,13-15,21H,9-12H2,1-3H3,(H,24,26)/p+1/b23-16-/t21-/m0/s1. The smallest absolute Gasteiger partial charge is 0.271 e. The predicted molar refractivity (Wildman–Crippen MR) is 111 cm³/mol. The Kier molecular flexibility index (Phi) is 7.21. The van der Waals surface area contributed by atoms with Gasteiger partial charge in [0, 0.05) is 17.2 Å². The molecular formula is C22H28N3O4+. The summed E-state index contributed by atoms with van der Waals surface area (Å²) < 4.78 is 16.0. The number of rotatable bonds is 7. The molecule has 7 nitrogen and oxygen atoms in total. The highest BCUT2D eigenvalue weighted by atomic mass is 16.5. The second-order valence-electron chi connectivity index (χ2n) is 6.91. The summed E-state index contributed by atoms with van der Waals surface area (Å²) in [6.45, 7) is 5.19. The number of benzene rings is 2. The molecule has 0 aromatic heterocycles. The van der Waals surface area contributed by atoms with E-state index in [2.05, 4.69) is 22.7 Å². The summed E-state index contributed by atoms with van der Waals surface area (Å²) >= 11 is 0. The minimum Gasteiger partial charge on any atom is -0.497 e. The topological polar surface area (TPSA) is 73.6 Å². The van der Waals surface area contributed by atoms with E-state index in [1.165, 1.54) is 10.5 Å². The average Bonchev–Trinajstić information content (AvgIpc) is 2.78. The molecule has 1 aliphatic heterocycles. The van der Waals surface area contributed by atoms with Gasteiger partial charge in [0.25, 0.3) is 5.91 Å². The normalized spacial score (nSPS) is 16.2. The van der Waals surface area contributed by atoms with Crippen LogP contribution in [0.4, 0.5) is 0 Å². The van der Waals surface area contributed by atoms with Crippen molar-refractivity contribution in [1.29, 1.82) is 0 Å². The molecule has 2 N–H and O–H groups in total. The maximum atomic E-state index is 12.7. The third-order valence-corrected chi connectivity index (χ3v) is 5.04. The van der Waals surface area contributed by atoms with Gasteiger partial charge in [-0.1, -0.05) is 30.3 Å². The highest BCUT2D eigenvalue weighted by molar-refractivity contribution is 5.96. The molecule has 1 saturated heterocycles. The molecule has 0 bridgehead atoms. The maximum absolute atomic E-state index is 12.7. The highest BCUT2D eigenvalue weighted by Gasteiger charge is 2.29. The van der Waals surface area contributed by atoms with Gasteiger partial charge < -0.3 is 19.1 Å². The summed E-state index contributed by atoms with van der Waals surface area (Å²) in [5.41, 5.74) is 5.12. The first-order valence-corrected chi connectivity index (χ1v) is 9.67. The molecule has 154 valence electrons. The number of hydrogen-bond donors (Lipinski definition) is 2. The molecule has 3 rings (SSSR count). The van der Waals surface area contributed by atoms with Gasteiger partial charge in [-0.3, -0.25) is 4.79 Å². The quantitative estimate of drug-likeness (QED) is 0.547. The van der Waals surface area contributed by atoms with E-state index < -0.39 is 0 Å². The number of carbonyl (C=O) groups is 1. The first-order chi connectivity index (χ1) is 14.1. The first kappa shape index (κ1) is 20.8. The van der Waals surface area contributed by atoms with Crippen molar-refractivity contribution in [2.24, 2.45) is 5.10 Å². The van der Waals surface area contributed by atoms with Crippen molar-refractivity contribution in [3.8, 4) is 11.5 Å². The van der Waals surface area contributed by atoms with Crippen molar-refractivity contribution in [1.82, 2.24) is 5.43 Å². The summed E-state index contributed by atoms with van der Waals surface area (Å²) in [6.07, 6.45) is 0. The molecule has 0 saturated carbocycles. The van der Waals surface area contributed by atoms with E-state index in [-0.39, 0.29) is 11.9 Å². The summed E-state index contributed by atoms with van der Waals surface area (Å²) in [5, 5.41) is 4.44. The number of nitrogens with one attached hydrogen (secondary N) is 2. The molecule has 1 aliphatic rings. The van der Waals surface area contributed by atoms with Gasteiger partial charge in [-0.2, -0.15) is 5.10 Å². The number of amides is 1. The Morgan fingerprint density at radius 1 is 1.07 bits per heavy atom. The van der Waals surface area contributed by atoms with Crippen molar-refractivity contribution in [2.45, 2.75) is 13.0 Å². The van der Waals surface area contributed by atoms with E-state index in [0.29, 0.717) is 17.1 Å². The molecular weight excluding hydrogens is 370 g/mol. The molecule has 0 aliphatic carbocycles. The van der Waals surface area contributed by atoms with Crippen LogP contribution in [-0.4, -0.2) is 52.1 Å². The minimum atomic E-state index is -0.315. The van der Waals surface area contributed by atoms with Crippen LogP contribution in [-0.2, 0) is 4.74 Å². The fraction of sp³-hybridized carbons (Fsp3) is 0.364. The Hall–Kier alpha value is -2.90. The molecule has 1 heterocycles. The van der Waals surface area contributed by atoms with Gasteiger partial charge in [0.2, 0.25) is 0 Å². The van der Waals surface area contributed by atoms with Gasteiger partial charge in [0.1, 0.15) is 24.6 Å². The van der Waals surface area contributed by atoms with Crippen LogP contribution in [0.1, 0.15) is 28.9 Å². The van der Waals surface area contributed by atoms with E-state index in [9.17, 15) is 4.79 Å². The molecule has 1 amide bonds. The number of methoxy groups -OCH3 is 2. The molecule has 7 heteroatoms. The van der Waals surface area contributed by atoms with Gasteiger partial charge in [-0.05, 0) is 19.1 Å². The van der Waals surface area contributed by atoms with Gasteiger partial charge >= 0.3 is 0 Å². The monoisotopic (exact) mass is 398 g/mol. The van der Waals surface area contributed by atoms with Crippen molar-refractivity contribution in [3.05, 3.63) is 59.7 Å². The number of hydrogen-bond acceptors (Lipinski definition) is 5. The second-order valence-corrected chi connectivity index (χ2v) is 6.91. The van der Waals surface area contributed by atoms with Crippen molar-refractivity contribution < 1.29 is 23.9 Å². The van der Waals surface area contributed by atoms with Crippen molar-refractivity contribution in [3.63, 3.8) is 0 Å². The van der Waals surface area contributed by atoms with Crippen LogP contribution in [0.2, 0.25) is 0 Å². The molecule has 1 atom stereocenters. The molecule has 2 aromatic carbocycles. The van der Waals surface area contributed by atoms with E-state index in [1.54, 1.807) is 32.4 Å². The lowest BCUT2D eigenvalue weighted by atomic mass is 10.0. The van der Waals surface area contributed by atoms with E-state index >= 15 is 0 Å². The lowest BCUT2D eigenvalue weighted by Gasteiger charge is -2.31. The SMILES string of the molecule is COc1cc(OC)cc(C(=O)N/N=C(/C)[C@@H](c2ccccc2)[NH+]2CCOCC2)c1. The van der Waals surface area contributed by atoms with Crippen LogP contribution < -0.4 is 19.8 Å². The second kappa shape index (κ2) is 10.0. The average molecular weight is 398 g/mol. The number of quaternary nitrogens is 1. The fourth-order valence-electron chi connectivity index (χ4n) is 3.55. The minimum absolute atomic E-state index is 0.0558. The van der Waals surface area contributed by atoms with Crippen LogP contribution in [0.5, 0.6) is 11.5 Å². The Morgan fingerprint density at radius 2 is 1.69 bits per heavy atom. The number of ether oxygens (including phenoxy) is 3. The lowest BCUT2D eigenvalue weighted by Crippen LogP contribution is -3.15. The zero-order valence-corrected chi connectivity index (χ0v) is 17.1. The number of nitrogens with zero attached hydrogens (tertiary/aromatic N) is 1. The maximum Gasteiger partial charge on any atom is 0.271 e. The largest absolute Gasteiger partial charge is 0.497 e. The summed E-state index contributed by atoms with van der Waals surface area (Å²) in [5.74, 6) is 0.788. The van der Waals surface area contributed by atoms with Gasteiger partial charge in [0.05, 0.1) is 33.1 Å². The predicted octanol–water partition coefficient (Wildman–Crippen LogP) is 1.47. The van der Waals surface area contributed by atoms with E-state index in [1.807, 2.05) is 25.1 Å². The third-order valence-electron chi connectivity index (χ3n) is 5.04. The van der Waals surface area contributed by atoms with E-state index in [4.69, 9.17) is 14.2 Å². The number of carbonyl (C=O) groups excluding carboxylic acids is 1. The molecule has 29 heavy (non-hydrogen) atoms. The first-order valence-electron chi connectivity index (χ1n) is 9.67. The molecule has 1 fully saturated rings. The van der Waals surface area contributed by atoms with Gasteiger partial charge in [-0.15, -0.1) is 0 Å². The third kappa shape index (κ3) is 5.34. The zero-order chi connectivity index (χ0) is 20.6. The number of hydrazone groups is 1. The van der Waals surface area contributed by atoms with Gasteiger partial charge in [-0.25, -0.2) is 5.43 Å². The van der Waals surface area contributed by atoms with Crippen LogP contribution in [0, 0.1) is 0 Å². The van der Waals surface area contributed by atoms with Crippen molar-refractivity contribution >= 4 is 11.6 Å². The van der Waals surface area contributed by atoms with Crippen LogP contribution in [0.3, 0.4) is 0 Å². The van der Waals surface area contributed by atoms with Crippen LogP contribution in [0.25, 0.3) is 0 Å². The molecule has 0 unspecified atom stereocenters. The Morgan fingerprint density at radius 3 is 2.28 bits per heavy atom. The van der Waals surface area contributed by atoms with Crippen molar-refractivity contribution in [2.75, 3.05) is 40.5 Å². The highest BCUT2D eigenvalue weighted by Crippen LogP contribution is 2.22.